The molecular formula is C29H20IrN2O-2. The molecule has 0 saturated carbocycles. The minimum atomic E-state index is -2.48. The second-order valence-electron chi connectivity index (χ2n) is 6.41. The van der Waals surface area contributed by atoms with Gasteiger partial charge in [-0.05, 0) is 38.7 Å². The topological polar surface area (TPSA) is 38.9 Å². The molecule has 0 unspecified atom stereocenters. The van der Waals surface area contributed by atoms with Gasteiger partial charge in [0.15, 0.2) is 0 Å². The third-order valence-corrected chi connectivity index (χ3v) is 4.42. The number of aryl methyl sites for hydroxylation is 1. The van der Waals surface area contributed by atoms with Gasteiger partial charge < -0.3 is 14.4 Å². The van der Waals surface area contributed by atoms with E-state index in [0.717, 1.165) is 17.0 Å². The minimum absolute atomic E-state index is 0. The Morgan fingerprint density at radius 3 is 2.73 bits per heavy atom. The van der Waals surface area contributed by atoms with Gasteiger partial charge in [0, 0.05) is 44.7 Å². The van der Waals surface area contributed by atoms with Crippen LogP contribution in [-0.4, -0.2) is 9.97 Å². The number of fused-ring (bicyclic) bond motifs is 3. The van der Waals surface area contributed by atoms with Crippen LogP contribution in [0.15, 0.2) is 108 Å². The molecule has 0 N–H and O–H groups in total. The van der Waals surface area contributed by atoms with E-state index in [1.54, 1.807) is 6.07 Å². The second kappa shape index (κ2) is 10.4. The molecule has 0 atom stereocenters. The SMILES string of the molecule is [2H]c1[c-]c(-c2nc([2H])c([2H])c([2H])c2[2H])c([2H])c([2H])c1[2H].[2H]c1c(C([2H])([2H])[2H])cnc(-c2[c-]ccc3c2oc2ccccc23)c1[2H].[Ir]. The van der Waals surface area contributed by atoms with E-state index in [1.165, 1.54) is 0 Å². The van der Waals surface area contributed by atoms with Crippen LogP contribution in [0.4, 0.5) is 0 Å². The van der Waals surface area contributed by atoms with Gasteiger partial charge in [0.1, 0.15) is 5.58 Å². The van der Waals surface area contributed by atoms with Crippen LogP contribution in [0.1, 0.15) is 23.4 Å². The Bertz CT molecular complexity index is 2070. The minimum Gasteiger partial charge on any atom is -0.501 e. The summed E-state index contributed by atoms with van der Waals surface area (Å²) in [5.41, 5.74) is 1.19. The fraction of sp³-hybridized carbons (Fsp3) is 0.0345. The third-order valence-electron chi connectivity index (χ3n) is 4.42. The van der Waals surface area contributed by atoms with Crippen LogP contribution in [0.25, 0.3) is 44.5 Å². The largest absolute Gasteiger partial charge is 0.501 e. The Labute approximate surface area is 224 Å². The molecule has 0 fully saturated rings. The van der Waals surface area contributed by atoms with E-state index in [9.17, 15) is 0 Å². The Morgan fingerprint density at radius 2 is 1.79 bits per heavy atom. The number of hydrogen-bond donors (Lipinski definition) is 0. The summed E-state index contributed by atoms with van der Waals surface area (Å²) in [6, 6.07) is 12.6. The Morgan fingerprint density at radius 1 is 0.879 bits per heavy atom. The molecule has 0 aliphatic rings. The molecule has 0 aliphatic carbocycles. The molecule has 4 heteroatoms. The molecule has 0 aliphatic heterocycles. The average Bonchev–Trinajstić information content (AvgIpc) is 3.39. The maximum Gasteiger partial charge on any atom is 0.120 e. The van der Waals surface area contributed by atoms with Crippen molar-refractivity contribution in [3.63, 3.8) is 0 Å². The maximum atomic E-state index is 8.20. The van der Waals surface area contributed by atoms with Crippen LogP contribution in [0.3, 0.4) is 0 Å². The van der Waals surface area contributed by atoms with Gasteiger partial charge in [0.25, 0.3) is 0 Å². The zero-order valence-corrected chi connectivity index (χ0v) is 19.1. The van der Waals surface area contributed by atoms with Crippen molar-refractivity contribution in [2.24, 2.45) is 0 Å². The fourth-order valence-corrected chi connectivity index (χ4v) is 3.03. The summed E-state index contributed by atoms with van der Waals surface area (Å²) in [5.74, 6) is 0. The van der Waals surface area contributed by atoms with Gasteiger partial charge in [-0.15, -0.1) is 54.0 Å². The summed E-state index contributed by atoms with van der Waals surface area (Å²) in [6.07, 6.45) is 0.611. The van der Waals surface area contributed by atoms with Crippen molar-refractivity contribution < 1.29 is 42.3 Å². The molecule has 3 nitrogen and oxygen atoms in total. The Hall–Kier alpha value is -3.59. The molecule has 1 radical (unpaired) electrons. The second-order valence-corrected chi connectivity index (χ2v) is 6.41. The number of hydrogen-bond acceptors (Lipinski definition) is 3. The molecule has 0 saturated heterocycles. The third kappa shape index (κ3) is 4.93. The van der Waals surface area contributed by atoms with Crippen molar-refractivity contribution in [2.75, 3.05) is 0 Å². The molecule has 163 valence electrons. The predicted octanol–water partition coefficient (Wildman–Crippen LogP) is 7.30. The zero-order valence-electron chi connectivity index (χ0n) is 29.7. The van der Waals surface area contributed by atoms with Gasteiger partial charge in [-0.1, -0.05) is 53.3 Å². The first kappa shape index (κ1) is 11.5. The van der Waals surface area contributed by atoms with E-state index >= 15 is 0 Å². The van der Waals surface area contributed by atoms with Crippen molar-refractivity contribution in [3.05, 3.63) is 121 Å². The molecule has 6 aromatic rings. The first-order valence-corrected chi connectivity index (χ1v) is 9.36. The first-order valence-electron chi connectivity index (χ1n) is 15.9. The van der Waals surface area contributed by atoms with E-state index in [2.05, 4.69) is 22.1 Å². The van der Waals surface area contributed by atoms with Gasteiger partial charge in [0.05, 0.1) is 13.8 Å². The Kier molecular flexibility index (Phi) is 3.61. The van der Waals surface area contributed by atoms with Crippen molar-refractivity contribution in [1.82, 2.24) is 9.97 Å². The molecule has 3 aromatic heterocycles. The number of aromatic nitrogens is 2. The fourth-order valence-electron chi connectivity index (χ4n) is 3.03. The number of furan rings is 1. The molecule has 3 heterocycles. The van der Waals surface area contributed by atoms with Crippen molar-refractivity contribution in [1.29, 1.82) is 0 Å². The van der Waals surface area contributed by atoms with Crippen LogP contribution >= 0.6 is 0 Å². The quantitative estimate of drug-likeness (QED) is 0.192. The van der Waals surface area contributed by atoms with E-state index < -0.39 is 55.3 Å². The predicted molar refractivity (Wildman–Crippen MR) is 129 cm³/mol. The van der Waals surface area contributed by atoms with E-state index in [0.29, 0.717) is 16.7 Å². The van der Waals surface area contributed by atoms with Crippen molar-refractivity contribution in [3.8, 4) is 22.5 Å². The number of benzene rings is 3. The molecular weight excluding hydrogens is 585 g/mol. The van der Waals surface area contributed by atoms with Gasteiger partial charge >= 0.3 is 0 Å². The molecule has 0 spiro atoms. The van der Waals surface area contributed by atoms with Gasteiger partial charge in [-0.25, -0.2) is 0 Å². The van der Waals surface area contributed by atoms with Crippen LogP contribution in [0, 0.1) is 19.0 Å². The standard InChI is InChI=1S/C18H12NO.C11H8N.Ir/c1-12-9-10-16(19-11-12)15-7-4-6-14-13-5-2-3-8-17(13)20-18(14)15;1-2-6-10(7-3-1)11-8-4-5-9-12-11;/h2-6,8-11H,1H3;1-6,8-9H;/q2*-1;/i1D3,9D,10D;1D,2D,3D,4D,5D,6D,8D,9D;. The normalized spacial score (nSPS) is 16.3. The summed E-state index contributed by atoms with van der Waals surface area (Å²) in [6.45, 7) is -2.48. The maximum absolute atomic E-state index is 8.20. The van der Waals surface area contributed by atoms with Crippen molar-refractivity contribution in [2.45, 2.75) is 6.85 Å². The molecule has 0 amide bonds. The number of nitrogens with zero attached hydrogens (tertiary/aromatic N) is 2. The van der Waals surface area contributed by atoms with Crippen LogP contribution < -0.4 is 0 Å². The van der Waals surface area contributed by atoms with Crippen LogP contribution in [-0.2, 0) is 20.1 Å². The van der Waals surface area contributed by atoms with Gasteiger partial charge in [-0.2, -0.15) is 0 Å². The summed E-state index contributed by atoms with van der Waals surface area (Å²) in [4.78, 5) is 7.81. The number of para-hydroxylation sites is 1. The van der Waals surface area contributed by atoms with Crippen LogP contribution in [0.5, 0.6) is 0 Å². The van der Waals surface area contributed by atoms with Gasteiger partial charge in [0.2, 0.25) is 0 Å². The van der Waals surface area contributed by atoms with Crippen molar-refractivity contribution >= 4 is 21.9 Å². The number of rotatable bonds is 2. The average molecular weight is 618 g/mol. The summed E-state index contributed by atoms with van der Waals surface area (Å²) < 4.78 is 105. The molecule has 33 heavy (non-hydrogen) atoms. The zero-order chi connectivity index (χ0) is 33.0. The molecule has 6 rings (SSSR count). The number of pyridine rings is 2. The van der Waals surface area contributed by atoms with E-state index in [4.69, 9.17) is 22.2 Å². The van der Waals surface area contributed by atoms with Gasteiger partial charge in [-0.3, -0.25) is 0 Å². The van der Waals surface area contributed by atoms with Crippen LogP contribution in [0.2, 0.25) is 0 Å². The smallest absolute Gasteiger partial charge is 0.120 e. The summed E-state index contributed by atoms with van der Waals surface area (Å²) in [5, 5.41) is 1.79. The summed E-state index contributed by atoms with van der Waals surface area (Å²) >= 11 is 0. The first-order chi connectivity index (χ1) is 21.1. The monoisotopic (exact) mass is 618 g/mol. The summed E-state index contributed by atoms with van der Waals surface area (Å²) in [7, 11) is 0. The molecule has 3 aromatic carbocycles. The van der Waals surface area contributed by atoms with E-state index in [1.807, 2.05) is 30.3 Å². The van der Waals surface area contributed by atoms with E-state index in [-0.39, 0.29) is 54.7 Å². The Balaban J connectivity index is 0.000000210. The molecule has 0 bridgehead atoms.